The topological polar surface area (TPSA) is 90.5 Å². The van der Waals surface area contributed by atoms with E-state index >= 15 is 0 Å². The molecule has 0 radical (unpaired) electrons. The maximum absolute atomic E-state index is 12.5. The third-order valence-electron chi connectivity index (χ3n) is 4.35. The van der Waals surface area contributed by atoms with E-state index in [1.165, 1.54) is 0 Å². The van der Waals surface area contributed by atoms with Crippen molar-refractivity contribution in [2.45, 2.75) is 50.6 Å². The van der Waals surface area contributed by atoms with E-state index in [1.54, 1.807) is 7.05 Å². The van der Waals surface area contributed by atoms with Crippen LogP contribution >= 0.6 is 0 Å². The lowest BCUT2D eigenvalue weighted by atomic mass is 9.82. The number of urea groups is 1. The van der Waals surface area contributed by atoms with Gasteiger partial charge in [-0.15, -0.1) is 0 Å². The lowest BCUT2D eigenvalue weighted by Crippen LogP contribution is -2.49. The average molecular weight is 296 g/mol. The van der Waals surface area contributed by atoms with Gasteiger partial charge < -0.3 is 16.0 Å². The summed E-state index contributed by atoms with van der Waals surface area (Å²) in [5.74, 6) is -0.558. The lowest BCUT2D eigenvalue weighted by Gasteiger charge is -2.30. The maximum atomic E-state index is 12.5. The first kappa shape index (κ1) is 15.8. The zero-order valence-electron chi connectivity index (χ0n) is 12.7. The molecule has 1 aliphatic carbocycles. The summed E-state index contributed by atoms with van der Waals surface area (Å²) < 4.78 is 0. The Bertz CT molecular complexity index is 432. The quantitative estimate of drug-likeness (QED) is 0.621. The molecule has 4 amide bonds. The summed E-state index contributed by atoms with van der Waals surface area (Å²) >= 11 is 0. The van der Waals surface area contributed by atoms with Crippen molar-refractivity contribution >= 4 is 17.8 Å². The average Bonchev–Trinajstić information content (AvgIpc) is 2.70. The summed E-state index contributed by atoms with van der Waals surface area (Å²) in [4.78, 5) is 37.4. The number of hydrogen-bond acceptors (Lipinski definition) is 4. The van der Waals surface area contributed by atoms with E-state index in [1.807, 2.05) is 6.92 Å². The molecular weight excluding hydrogens is 272 g/mol. The fourth-order valence-corrected chi connectivity index (χ4v) is 2.88. The predicted octanol–water partition coefficient (Wildman–Crippen LogP) is -0.0348. The molecule has 1 saturated heterocycles. The summed E-state index contributed by atoms with van der Waals surface area (Å²) in [6.07, 6.45) is 4.31. The molecule has 0 bridgehead atoms. The molecule has 0 aromatic carbocycles. The van der Waals surface area contributed by atoms with Gasteiger partial charge in [-0.05, 0) is 26.8 Å². The first-order valence-corrected chi connectivity index (χ1v) is 7.56. The highest BCUT2D eigenvalue weighted by atomic mass is 16.2. The number of nitrogens with zero attached hydrogens (tertiary/aromatic N) is 1. The molecule has 1 spiro atoms. The number of nitrogens with one attached hydrogen (secondary N) is 3. The van der Waals surface area contributed by atoms with Crippen LogP contribution in [-0.2, 0) is 9.59 Å². The van der Waals surface area contributed by atoms with E-state index in [2.05, 4.69) is 16.0 Å². The van der Waals surface area contributed by atoms with Crippen molar-refractivity contribution in [2.75, 3.05) is 20.1 Å². The van der Waals surface area contributed by atoms with E-state index in [9.17, 15) is 14.4 Å². The zero-order valence-corrected chi connectivity index (χ0v) is 12.7. The van der Waals surface area contributed by atoms with E-state index in [4.69, 9.17) is 0 Å². The molecule has 0 aromatic heterocycles. The molecule has 3 N–H and O–H groups in total. The molecule has 7 heteroatoms. The zero-order chi connectivity index (χ0) is 15.5. The maximum Gasteiger partial charge on any atom is 0.325 e. The number of carbonyl (C=O) groups excluding carboxylic acids is 3. The summed E-state index contributed by atoms with van der Waals surface area (Å²) in [7, 11) is 1.81. The Morgan fingerprint density at radius 2 is 2.00 bits per heavy atom. The Hall–Kier alpha value is -1.63. The van der Waals surface area contributed by atoms with Crippen molar-refractivity contribution < 1.29 is 14.4 Å². The third kappa shape index (κ3) is 3.34. The molecule has 118 valence electrons. The number of rotatable bonds is 5. The summed E-state index contributed by atoms with van der Waals surface area (Å²) in [6.45, 7) is 2.19. The molecule has 7 nitrogen and oxygen atoms in total. The van der Waals surface area contributed by atoms with Crippen LogP contribution in [-0.4, -0.2) is 54.5 Å². The van der Waals surface area contributed by atoms with Gasteiger partial charge in [0.15, 0.2) is 0 Å². The first-order valence-electron chi connectivity index (χ1n) is 7.56. The third-order valence-corrected chi connectivity index (χ3v) is 4.35. The van der Waals surface area contributed by atoms with Gasteiger partial charge in [0, 0.05) is 12.6 Å². The minimum atomic E-state index is -0.756. The second-order valence-electron chi connectivity index (χ2n) is 5.96. The number of hydrogen-bond donors (Lipinski definition) is 3. The molecule has 2 fully saturated rings. The van der Waals surface area contributed by atoms with Crippen molar-refractivity contribution in [1.82, 2.24) is 20.9 Å². The van der Waals surface area contributed by atoms with Gasteiger partial charge in [-0.3, -0.25) is 14.5 Å². The normalized spacial score (nSPS) is 22.3. The minimum Gasteiger partial charge on any atom is -0.353 e. The Balaban J connectivity index is 1.92. The summed E-state index contributed by atoms with van der Waals surface area (Å²) in [5.41, 5.74) is -0.756. The van der Waals surface area contributed by atoms with Crippen LogP contribution in [0.1, 0.15) is 39.0 Å². The van der Waals surface area contributed by atoms with E-state index in [-0.39, 0.29) is 24.4 Å². The SMILES string of the molecule is CNC(C)CNC(=O)CN1C(=O)NC2(CCCCC2)C1=O. The Labute approximate surface area is 124 Å². The number of imide groups is 1. The van der Waals surface area contributed by atoms with Crippen LogP contribution in [0.3, 0.4) is 0 Å². The standard InChI is InChI=1S/C14H24N4O3/c1-10(15-2)8-16-11(19)9-18-12(20)14(17-13(18)21)6-4-3-5-7-14/h10,15H,3-9H2,1-2H3,(H,16,19)(H,17,21). The van der Waals surface area contributed by atoms with Crippen LogP contribution in [0.5, 0.6) is 0 Å². The van der Waals surface area contributed by atoms with E-state index < -0.39 is 11.6 Å². The van der Waals surface area contributed by atoms with Crippen LogP contribution in [0.25, 0.3) is 0 Å². The van der Waals surface area contributed by atoms with Crippen LogP contribution in [0.4, 0.5) is 4.79 Å². The Kier molecular flexibility index (Phi) is 4.82. The fraction of sp³-hybridized carbons (Fsp3) is 0.786. The van der Waals surface area contributed by atoms with Gasteiger partial charge in [-0.25, -0.2) is 4.79 Å². The molecule has 21 heavy (non-hydrogen) atoms. The number of likely N-dealkylation sites (N-methyl/N-ethyl adjacent to an activating group) is 1. The fourth-order valence-electron chi connectivity index (χ4n) is 2.88. The smallest absolute Gasteiger partial charge is 0.325 e. The summed E-state index contributed by atoms with van der Waals surface area (Å²) in [5, 5.41) is 8.52. The largest absolute Gasteiger partial charge is 0.353 e. The highest BCUT2D eigenvalue weighted by Crippen LogP contribution is 2.33. The van der Waals surface area contributed by atoms with Crippen molar-refractivity contribution in [3.63, 3.8) is 0 Å². The van der Waals surface area contributed by atoms with Gasteiger partial charge in [-0.1, -0.05) is 19.3 Å². The summed E-state index contributed by atoms with van der Waals surface area (Å²) in [6, 6.07) is -0.305. The van der Waals surface area contributed by atoms with Crippen LogP contribution in [0, 0.1) is 0 Å². The van der Waals surface area contributed by atoms with Crippen molar-refractivity contribution in [3.05, 3.63) is 0 Å². The van der Waals surface area contributed by atoms with Gasteiger partial charge in [0.05, 0.1) is 0 Å². The monoisotopic (exact) mass is 296 g/mol. The van der Waals surface area contributed by atoms with E-state index in [0.717, 1.165) is 24.2 Å². The molecule has 1 aliphatic heterocycles. The highest BCUT2D eigenvalue weighted by molar-refractivity contribution is 6.09. The number of carbonyl (C=O) groups is 3. The number of amides is 4. The van der Waals surface area contributed by atoms with Gasteiger partial charge in [0.25, 0.3) is 5.91 Å². The van der Waals surface area contributed by atoms with Crippen LogP contribution in [0.2, 0.25) is 0 Å². The second-order valence-corrected chi connectivity index (χ2v) is 5.96. The lowest BCUT2D eigenvalue weighted by molar-refractivity contribution is -0.135. The molecule has 1 heterocycles. The Morgan fingerprint density at radius 3 is 2.62 bits per heavy atom. The van der Waals surface area contributed by atoms with Gasteiger partial charge in [0.2, 0.25) is 5.91 Å². The van der Waals surface area contributed by atoms with Gasteiger partial charge in [0.1, 0.15) is 12.1 Å². The Morgan fingerprint density at radius 1 is 1.33 bits per heavy atom. The van der Waals surface area contributed by atoms with Crippen molar-refractivity contribution in [2.24, 2.45) is 0 Å². The minimum absolute atomic E-state index is 0.141. The first-order chi connectivity index (χ1) is 9.98. The van der Waals surface area contributed by atoms with E-state index in [0.29, 0.717) is 19.4 Å². The molecule has 1 unspecified atom stereocenters. The van der Waals surface area contributed by atoms with Crippen LogP contribution < -0.4 is 16.0 Å². The molecule has 2 rings (SSSR count). The molecule has 1 atom stereocenters. The molecule has 2 aliphatic rings. The molecule has 0 aromatic rings. The second kappa shape index (κ2) is 6.43. The molecule has 1 saturated carbocycles. The van der Waals surface area contributed by atoms with Crippen molar-refractivity contribution in [3.8, 4) is 0 Å². The van der Waals surface area contributed by atoms with Crippen LogP contribution in [0.15, 0.2) is 0 Å². The highest BCUT2D eigenvalue weighted by Gasteiger charge is 2.51. The molecular formula is C14H24N4O3. The van der Waals surface area contributed by atoms with Crippen molar-refractivity contribution in [1.29, 1.82) is 0 Å². The van der Waals surface area contributed by atoms with Gasteiger partial charge in [-0.2, -0.15) is 0 Å². The predicted molar refractivity (Wildman–Crippen MR) is 77.6 cm³/mol. The van der Waals surface area contributed by atoms with Gasteiger partial charge >= 0.3 is 6.03 Å².